The Balaban J connectivity index is 1.22. The van der Waals surface area contributed by atoms with Gasteiger partial charge in [0.2, 0.25) is 5.91 Å². The molecule has 12 heteroatoms. The van der Waals surface area contributed by atoms with Crippen LogP contribution >= 0.6 is 23.1 Å². The lowest BCUT2D eigenvalue weighted by Crippen LogP contribution is -2.28. The van der Waals surface area contributed by atoms with Crippen molar-refractivity contribution in [3.63, 3.8) is 0 Å². The van der Waals surface area contributed by atoms with Crippen LogP contribution in [0.15, 0.2) is 107 Å². The van der Waals surface area contributed by atoms with Crippen LogP contribution < -0.4 is 10.1 Å². The molecule has 0 unspecified atom stereocenters. The van der Waals surface area contributed by atoms with Gasteiger partial charge in [-0.05, 0) is 65.9 Å². The van der Waals surface area contributed by atoms with Crippen molar-refractivity contribution in [1.82, 2.24) is 25.1 Å². The minimum absolute atomic E-state index is 0.0362. The second-order valence-electron chi connectivity index (χ2n) is 10.4. The molecule has 0 fully saturated rings. The van der Waals surface area contributed by atoms with E-state index in [1.165, 1.54) is 28.9 Å². The number of nitrogens with one attached hydrogen (secondary N) is 1. The van der Waals surface area contributed by atoms with E-state index in [1.807, 2.05) is 83.6 Å². The molecule has 0 saturated heterocycles. The normalized spacial score (nSPS) is 14.3. The molecule has 0 saturated carbocycles. The first-order chi connectivity index (χ1) is 22.5. The van der Waals surface area contributed by atoms with E-state index in [4.69, 9.17) is 9.84 Å². The highest BCUT2D eigenvalue weighted by atomic mass is 32.2. The van der Waals surface area contributed by atoms with Crippen LogP contribution in [0.1, 0.15) is 41.2 Å². The number of hydrogen-bond donors (Lipinski definition) is 1. The molecule has 46 heavy (non-hydrogen) atoms. The second-order valence-corrected chi connectivity index (χ2v) is 12.3. The monoisotopic (exact) mass is 654 g/mol. The molecule has 9 nitrogen and oxygen atoms in total. The first kappa shape index (κ1) is 31.2. The number of hydrogen-bond acceptors (Lipinski definition) is 8. The summed E-state index contributed by atoms with van der Waals surface area (Å²) in [4.78, 5) is 27.5. The van der Waals surface area contributed by atoms with Gasteiger partial charge >= 0.3 is 0 Å². The van der Waals surface area contributed by atoms with Crippen LogP contribution in [0.2, 0.25) is 0 Å². The van der Waals surface area contributed by atoms with Crippen LogP contribution in [0.25, 0.3) is 5.69 Å². The van der Waals surface area contributed by atoms with E-state index in [0.717, 1.165) is 33.2 Å². The molecule has 3 aromatic carbocycles. The third-order valence-electron chi connectivity index (χ3n) is 7.31. The van der Waals surface area contributed by atoms with Crippen molar-refractivity contribution in [1.29, 1.82) is 0 Å². The Morgan fingerprint density at radius 3 is 2.50 bits per heavy atom. The highest BCUT2D eigenvalue weighted by Crippen LogP contribution is 2.35. The average Bonchev–Trinajstić information content (AvgIpc) is 3.85. The molecule has 1 aliphatic rings. The van der Waals surface area contributed by atoms with E-state index in [9.17, 15) is 14.0 Å². The number of benzene rings is 3. The third kappa shape index (κ3) is 7.35. The number of ether oxygens (including phenoxy) is 1. The number of hydrazone groups is 1. The van der Waals surface area contributed by atoms with Gasteiger partial charge in [-0.1, -0.05) is 60.3 Å². The molecule has 3 heterocycles. The number of thiophene rings is 1. The maximum absolute atomic E-state index is 13.7. The maximum Gasteiger partial charge on any atom is 0.253 e. The van der Waals surface area contributed by atoms with Gasteiger partial charge < -0.3 is 10.1 Å². The van der Waals surface area contributed by atoms with Crippen molar-refractivity contribution in [2.75, 3.05) is 12.4 Å². The predicted molar refractivity (Wildman–Crippen MR) is 177 cm³/mol. The first-order valence-electron chi connectivity index (χ1n) is 14.8. The number of carbonyl (C=O) groups excluding carboxylic acids is 2. The summed E-state index contributed by atoms with van der Waals surface area (Å²) < 4.78 is 21.2. The Morgan fingerprint density at radius 1 is 1.00 bits per heavy atom. The largest absolute Gasteiger partial charge is 0.494 e. The number of carbonyl (C=O) groups is 2. The zero-order chi connectivity index (χ0) is 31.9. The molecule has 1 aliphatic heterocycles. The summed E-state index contributed by atoms with van der Waals surface area (Å²) in [5, 5.41) is 20.4. The topological polar surface area (TPSA) is 102 Å². The zero-order valence-electron chi connectivity index (χ0n) is 25.0. The number of thioether (sulfide) groups is 1. The summed E-state index contributed by atoms with van der Waals surface area (Å²) in [6, 6.07) is 26.8. The lowest BCUT2D eigenvalue weighted by molar-refractivity contribution is -0.130. The van der Waals surface area contributed by atoms with Gasteiger partial charge in [0.1, 0.15) is 11.6 Å². The number of halogens is 1. The van der Waals surface area contributed by atoms with Gasteiger partial charge in [0.05, 0.1) is 42.0 Å². The molecule has 0 radical (unpaired) electrons. The van der Waals surface area contributed by atoms with Crippen molar-refractivity contribution in [3.05, 3.63) is 124 Å². The fourth-order valence-corrected chi connectivity index (χ4v) is 6.66. The molecular weight excluding hydrogens is 624 g/mol. The number of rotatable bonds is 12. The summed E-state index contributed by atoms with van der Waals surface area (Å²) in [5.41, 5.74) is 3.29. The molecule has 234 valence electrons. The number of amides is 2. The molecular formula is C34H31FN6O3S2. The minimum Gasteiger partial charge on any atom is -0.494 e. The lowest BCUT2D eigenvalue weighted by atomic mass is 10.0. The van der Waals surface area contributed by atoms with E-state index in [-0.39, 0.29) is 42.4 Å². The van der Waals surface area contributed by atoms with Gasteiger partial charge in [-0.3, -0.25) is 14.2 Å². The van der Waals surface area contributed by atoms with E-state index >= 15 is 0 Å². The summed E-state index contributed by atoms with van der Waals surface area (Å²) in [7, 11) is 0. The van der Waals surface area contributed by atoms with Crippen LogP contribution in [-0.4, -0.2) is 49.7 Å². The van der Waals surface area contributed by atoms with Gasteiger partial charge in [0.25, 0.3) is 5.91 Å². The number of nitrogens with zero attached hydrogens (tertiary/aromatic N) is 5. The van der Waals surface area contributed by atoms with E-state index < -0.39 is 0 Å². The van der Waals surface area contributed by atoms with Crippen LogP contribution in [0.5, 0.6) is 5.75 Å². The molecule has 1 atom stereocenters. The van der Waals surface area contributed by atoms with E-state index in [0.29, 0.717) is 24.0 Å². The van der Waals surface area contributed by atoms with E-state index in [2.05, 4.69) is 15.5 Å². The molecule has 5 aromatic rings. The summed E-state index contributed by atoms with van der Waals surface area (Å²) >= 11 is 2.80. The Kier molecular flexibility index (Phi) is 9.85. The highest BCUT2D eigenvalue weighted by Gasteiger charge is 2.33. The number of aromatic nitrogens is 3. The molecule has 2 amide bonds. The fourth-order valence-electron chi connectivity index (χ4n) is 5.12. The molecule has 0 bridgehead atoms. The van der Waals surface area contributed by atoms with Gasteiger partial charge in [0, 0.05) is 12.1 Å². The van der Waals surface area contributed by atoms with Crippen molar-refractivity contribution in [2.45, 2.75) is 37.5 Å². The van der Waals surface area contributed by atoms with Crippen LogP contribution in [0.4, 0.5) is 4.39 Å². The maximum atomic E-state index is 13.7. The molecule has 0 aliphatic carbocycles. The summed E-state index contributed by atoms with van der Waals surface area (Å²) in [6.45, 7) is 2.61. The molecule has 1 N–H and O–H groups in total. The van der Waals surface area contributed by atoms with Crippen molar-refractivity contribution in [3.8, 4) is 11.4 Å². The van der Waals surface area contributed by atoms with E-state index in [1.54, 1.807) is 23.5 Å². The van der Waals surface area contributed by atoms with Gasteiger partial charge in [0.15, 0.2) is 11.0 Å². The van der Waals surface area contributed by atoms with Crippen molar-refractivity contribution < 1.29 is 18.7 Å². The Morgan fingerprint density at radius 2 is 1.78 bits per heavy atom. The van der Waals surface area contributed by atoms with Crippen LogP contribution in [-0.2, 0) is 22.6 Å². The van der Waals surface area contributed by atoms with Gasteiger partial charge in [-0.2, -0.15) is 5.10 Å². The molecule has 0 spiro atoms. The fraction of sp³-hybridized carbons (Fsp3) is 0.206. The third-order valence-corrected chi connectivity index (χ3v) is 9.14. The Hall–Kier alpha value is -4.81. The van der Waals surface area contributed by atoms with Crippen LogP contribution in [0, 0.1) is 5.82 Å². The first-order valence-corrected chi connectivity index (χ1v) is 16.6. The van der Waals surface area contributed by atoms with Crippen molar-refractivity contribution in [2.24, 2.45) is 5.10 Å². The minimum atomic E-state index is -0.356. The summed E-state index contributed by atoms with van der Waals surface area (Å²) in [5.74, 6) is 0.580. The van der Waals surface area contributed by atoms with Gasteiger partial charge in [-0.15, -0.1) is 21.5 Å². The molecule has 6 rings (SSSR count). The lowest BCUT2D eigenvalue weighted by Gasteiger charge is -2.22. The predicted octanol–water partition coefficient (Wildman–Crippen LogP) is 6.20. The van der Waals surface area contributed by atoms with Gasteiger partial charge in [-0.25, -0.2) is 9.40 Å². The Bertz CT molecular complexity index is 1810. The summed E-state index contributed by atoms with van der Waals surface area (Å²) in [6.07, 6.45) is 0.769. The zero-order valence-corrected chi connectivity index (χ0v) is 26.6. The molecule has 2 aromatic heterocycles. The smallest absolute Gasteiger partial charge is 0.253 e. The highest BCUT2D eigenvalue weighted by molar-refractivity contribution is 7.99. The standard InChI is InChI=1S/C34H31FN6O3S2/c1-2-44-27-16-14-26(15-17-27)40-31(21-36-32(42)19-23-7-4-3-5-8-23)37-38-34(40)46-22-33(43)41-29(24-10-12-25(35)13-11-24)20-28(39-41)30-9-6-18-45-30/h3-18,29H,2,19-22H2,1H3,(H,36,42)/t29-/m1/s1. The SMILES string of the molecule is CCOc1ccc(-n2c(CNC(=O)Cc3ccccc3)nnc2SCC(=O)N2N=C(c3cccs3)C[C@@H]2c2ccc(F)cc2)cc1. The quantitative estimate of drug-likeness (QED) is 0.161. The Labute approximate surface area is 274 Å². The second kappa shape index (κ2) is 14.5. The van der Waals surface area contributed by atoms with Crippen molar-refractivity contribution >= 4 is 40.6 Å². The van der Waals surface area contributed by atoms with Crippen LogP contribution in [0.3, 0.4) is 0 Å². The average molecular weight is 655 g/mol.